The lowest BCUT2D eigenvalue weighted by Crippen LogP contribution is -2.27. The summed E-state index contributed by atoms with van der Waals surface area (Å²) in [5.41, 5.74) is 1.70. The molecule has 0 saturated heterocycles. The van der Waals surface area contributed by atoms with Crippen LogP contribution in [0, 0.1) is 0 Å². The molecule has 2 unspecified atom stereocenters. The number of benzene rings is 2. The Balaban J connectivity index is 2.55. The molecule has 3 heteroatoms. The van der Waals surface area contributed by atoms with Gasteiger partial charge in [0.15, 0.2) is 5.78 Å². The third-order valence-electron chi connectivity index (χ3n) is 3.36. The van der Waals surface area contributed by atoms with Crippen molar-refractivity contribution in [1.82, 2.24) is 0 Å². The number of Topliss-reactive ketones (excluding diaryl/α,β-unsaturated/α-hetero) is 1. The number of hydrogen-bond acceptors (Lipinski definition) is 3. The van der Waals surface area contributed by atoms with E-state index in [1.54, 1.807) is 7.11 Å². The van der Waals surface area contributed by atoms with Crippen LogP contribution < -0.4 is 4.74 Å². The van der Waals surface area contributed by atoms with Gasteiger partial charge in [0.25, 0.3) is 0 Å². The predicted octanol–water partition coefficient (Wildman–Crippen LogP) is 2.78. The van der Waals surface area contributed by atoms with Crippen molar-refractivity contribution < 1.29 is 14.6 Å². The Morgan fingerprint density at radius 2 is 1.65 bits per heavy atom. The second-order valence-corrected chi connectivity index (χ2v) is 4.69. The van der Waals surface area contributed by atoms with Crippen molar-refractivity contribution in [1.29, 1.82) is 0 Å². The van der Waals surface area contributed by atoms with Gasteiger partial charge in [0.1, 0.15) is 11.9 Å². The van der Waals surface area contributed by atoms with Crippen molar-refractivity contribution in [3.8, 4) is 5.75 Å². The number of ether oxygens (including phenoxy) is 1. The van der Waals surface area contributed by atoms with Crippen LogP contribution in [0.3, 0.4) is 0 Å². The summed E-state index contributed by atoms with van der Waals surface area (Å²) in [6.45, 7) is 1.40. The van der Waals surface area contributed by atoms with E-state index in [9.17, 15) is 9.90 Å². The minimum absolute atomic E-state index is 0.259. The van der Waals surface area contributed by atoms with E-state index in [4.69, 9.17) is 4.74 Å². The quantitative estimate of drug-likeness (QED) is 0.908. The normalized spacial score (nSPS) is 13.6. The summed E-state index contributed by atoms with van der Waals surface area (Å²) >= 11 is 0. The maximum absolute atomic E-state index is 11.6. The first-order valence-electron chi connectivity index (χ1n) is 6.51. The Morgan fingerprint density at radius 3 is 2.25 bits per heavy atom. The molecule has 0 aliphatic carbocycles. The molecule has 1 N–H and O–H groups in total. The van der Waals surface area contributed by atoms with E-state index < -0.39 is 12.0 Å². The van der Waals surface area contributed by atoms with E-state index in [0.717, 1.165) is 11.1 Å². The predicted molar refractivity (Wildman–Crippen MR) is 78.0 cm³/mol. The Hall–Kier alpha value is -2.13. The fourth-order valence-corrected chi connectivity index (χ4v) is 2.35. The molecule has 0 aliphatic rings. The number of carbonyl (C=O) groups excluding carboxylic acids is 1. The third-order valence-corrected chi connectivity index (χ3v) is 3.36. The first kappa shape index (κ1) is 14.3. The van der Waals surface area contributed by atoms with Crippen LogP contribution in [0.25, 0.3) is 0 Å². The van der Waals surface area contributed by atoms with E-state index in [2.05, 4.69) is 0 Å². The highest BCUT2D eigenvalue weighted by atomic mass is 16.5. The van der Waals surface area contributed by atoms with Crippen LogP contribution in [-0.4, -0.2) is 24.1 Å². The van der Waals surface area contributed by atoms with Crippen molar-refractivity contribution in [3.05, 3.63) is 65.7 Å². The van der Waals surface area contributed by atoms with Crippen LogP contribution in [0.4, 0.5) is 0 Å². The maximum atomic E-state index is 11.6. The molecule has 20 heavy (non-hydrogen) atoms. The zero-order valence-corrected chi connectivity index (χ0v) is 11.6. The van der Waals surface area contributed by atoms with Gasteiger partial charge in [-0.2, -0.15) is 0 Å². The van der Waals surface area contributed by atoms with E-state index in [-0.39, 0.29) is 5.78 Å². The van der Waals surface area contributed by atoms with Crippen molar-refractivity contribution >= 4 is 5.78 Å². The Bertz CT molecular complexity index is 578. The molecule has 104 valence electrons. The van der Waals surface area contributed by atoms with Gasteiger partial charge in [-0.3, -0.25) is 4.79 Å². The molecule has 0 aromatic heterocycles. The summed E-state index contributed by atoms with van der Waals surface area (Å²) in [4.78, 5) is 11.6. The monoisotopic (exact) mass is 270 g/mol. The lowest BCUT2D eigenvalue weighted by atomic mass is 9.84. The number of aliphatic hydroxyl groups excluding tert-OH is 1. The maximum Gasteiger partial charge on any atom is 0.159 e. The van der Waals surface area contributed by atoms with Crippen LogP contribution in [0.2, 0.25) is 0 Å². The molecule has 0 radical (unpaired) electrons. The molecule has 0 heterocycles. The Kier molecular flexibility index (Phi) is 4.53. The molecule has 2 aromatic carbocycles. The van der Waals surface area contributed by atoms with E-state index in [1.165, 1.54) is 6.92 Å². The van der Waals surface area contributed by atoms with Crippen LogP contribution in [0.15, 0.2) is 54.6 Å². The molecule has 0 spiro atoms. The smallest absolute Gasteiger partial charge is 0.159 e. The molecule has 2 atom stereocenters. The molecule has 2 aromatic rings. The summed E-state index contributed by atoms with van der Waals surface area (Å²) in [6, 6.07) is 17.0. The van der Waals surface area contributed by atoms with E-state index in [1.807, 2.05) is 54.6 Å². The van der Waals surface area contributed by atoms with Gasteiger partial charge in [-0.25, -0.2) is 0 Å². The third kappa shape index (κ3) is 2.89. The van der Waals surface area contributed by atoms with Gasteiger partial charge in [-0.15, -0.1) is 0 Å². The summed E-state index contributed by atoms with van der Waals surface area (Å²) < 4.78 is 5.36. The zero-order valence-electron chi connectivity index (χ0n) is 11.6. The standard InChI is InChI=1S/C17H18O3/c1-12(18)17(19)16(13-8-4-3-5-9-13)14-10-6-7-11-15(14)20-2/h3-11,16-17,19H,1-2H3. The van der Waals surface area contributed by atoms with E-state index in [0.29, 0.717) is 5.75 Å². The Morgan fingerprint density at radius 1 is 1.05 bits per heavy atom. The average Bonchev–Trinajstić information content (AvgIpc) is 2.49. The molecular weight excluding hydrogens is 252 g/mol. The fraction of sp³-hybridized carbons (Fsp3) is 0.235. The minimum atomic E-state index is -1.09. The van der Waals surface area contributed by atoms with Gasteiger partial charge in [-0.1, -0.05) is 48.5 Å². The number of methoxy groups -OCH3 is 1. The highest BCUT2D eigenvalue weighted by Gasteiger charge is 2.28. The molecule has 0 amide bonds. The highest BCUT2D eigenvalue weighted by Crippen LogP contribution is 2.34. The first-order valence-corrected chi connectivity index (χ1v) is 6.51. The molecule has 0 fully saturated rings. The van der Waals surface area contributed by atoms with Crippen molar-refractivity contribution in [2.45, 2.75) is 18.9 Å². The number of para-hydroxylation sites is 1. The molecule has 0 aliphatic heterocycles. The van der Waals surface area contributed by atoms with Gasteiger partial charge in [0, 0.05) is 11.5 Å². The second-order valence-electron chi connectivity index (χ2n) is 4.69. The highest BCUT2D eigenvalue weighted by molar-refractivity contribution is 5.82. The molecule has 0 bridgehead atoms. The summed E-state index contributed by atoms with van der Waals surface area (Å²) in [5, 5.41) is 10.3. The van der Waals surface area contributed by atoms with Crippen molar-refractivity contribution in [3.63, 3.8) is 0 Å². The number of rotatable bonds is 5. The molecule has 3 nitrogen and oxygen atoms in total. The first-order chi connectivity index (χ1) is 9.65. The van der Waals surface area contributed by atoms with Crippen molar-refractivity contribution in [2.75, 3.05) is 7.11 Å². The van der Waals surface area contributed by atoms with Gasteiger partial charge in [0.2, 0.25) is 0 Å². The van der Waals surface area contributed by atoms with Crippen molar-refractivity contribution in [2.24, 2.45) is 0 Å². The topological polar surface area (TPSA) is 46.5 Å². The fourth-order valence-electron chi connectivity index (χ4n) is 2.35. The van der Waals surface area contributed by atoms with Gasteiger partial charge in [-0.05, 0) is 18.6 Å². The zero-order chi connectivity index (χ0) is 14.5. The minimum Gasteiger partial charge on any atom is -0.496 e. The van der Waals surface area contributed by atoms with Gasteiger partial charge < -0.3 is 9.84 Å². The summed E-state index contributed by atoms with van der Waals surface area (Å²) in [5.74, 6) is -0.0173. The largest absolute Gasteiger partial charge is 0.496 e. The average molecular weight is 270 g/mol. The molecular formula is C17H18O3. The van der Waals surface area contributed by atoms with Crippen LogP contribution in [0.1, 0.15) is 24.0 Å². The lowest BCUT2D eigenvalue weighted by molar-refractivity contribution is -0.125. The van der Waals surface area contributed by atoms with Crippen LogP contribution in [0.5, 0.6) is 5.75 Å². The van der Waals surface area contributed by atoms with Gasteiger partial charge in [0.05, 0.1) is 7.11 Å². The number of aliphatic hydroxyl groups is 1. The van der Waals surface area contributed by atoms with Gasteiger partial charge >= 0.3 is 0 Å². The molecule has 0 saturated carbocycles. The SMILES string of the molecule is COc1ccccc1C(c1ccccc1)C(O)C(C)=O. The summed E-state index contributed by atoms with van der Waals surface area (Å²) in [7, 11) is 1.58. The summed E-state index contributed by atoms with van der Waals surface area (Å²) in [6.07, 6.45) is -1.09. The number of hydrogen-bond donors (Lipinski definition) is 1. The lowest BCUT2D eigenvalue weighted by Gasteiger charge is -2.23. The van der Waals surface area contributed by atoms with Crippen LogP contribution >= 0.6 is 0 Å². The number of ketones is 1. The number of carbonyl (C=O) groups is 1. The molecule has 2 rings (SSSR count). The van der Waals surface area contributed by atoms with Crippen LogP contribution in [-0.2, 0) is 4.79 Å². The van der Waals surface area contributed by atoms with E-state index >= 15 is 0 Å². The Labute approximate surface area is 118 Å². The second kappa shape index (κ2) is 6.35.